The Bertz CT molecular complexity index is 677. The molecule has 2 rings (SSSR count). The molecule has 148 valence electrons. The van der Waals surface area contributed by atoms with Gasteiger partial charge in [-0.15, -0.1) is 0 Å². The molecule has 1 aromatic rings. The highest BCUT2D eigenvalue weighted by atomic mass is 35.5. The van der Waals surface area contributed by atoms with Crippen molar-refractivity contribution in [2.45, 2.75) is 39.2 Å². The molecule has 0 saturated carbocycles. The number of amides is 4. The third kappa shape index (κ3) is 7.09. The molecule has 0 aromatic heterocycles. The van der Waals surface area contributed by atoms with Crippen LogP contribution in [0.3, 0.4) is 0 Å². The fourth-order valence-electron chi connectivity index (χ4n) is 2.78. The second-order valence-electron chi connectivity index (χ2n) is 7.78. The molecule has 8 heteroatoms. The number of rotatable bonds is 3. The first-order valence-electron chi connectivity index (χ1n) is 9.06. The smallest absolute Gasteiger partial charge is 0.317 e. The van der Waals surface area contributed by atoms with Gasteiger partial charge in [-0.05, 0) is 63.8 Å². The van der Waals surface area contributed by atoms with E-state index in [9.17, 15) is 14.4 Å². The van der Waals surface area contributed by atoms with Crippen LogP contribution in [0.15, 0.2) is 24.3 Å². The van der Waals surface area contributed by atoms with E-state index >= 15 is 0 Å². The summed E-state index contributed by atoms with van der Waals surface area (Å²) in [6, 6.07) is 6.47. The van der Waals surface area contributed by atoms with Crippen molar-refractivity contribution in [3.63, 3.8) is 0 Å². The summed E-state index contributed by atoms with van der Waals surface area (Å²) < 4.78 is 0. The largest absolute Gasteiger partial charge is 0.348 e. The maximum Gasteiger partial charge on any atom is 0.317 e. The van der Waals surface area contributed by atoms with Gasteiger partial charge in [-0.1, -0.05) is 11.6 Å². The maximum atomic E-state index is 12.2. The molecule has 0 unspecified atom stereocenters. The number of hydrogen-bond donors (Lipinski definition) is 3. The van der Waals surface area contributed by atoms with Crippen LogP contribution in [0.1, 0.15) is 33.6 Å². The summed E-state index contributed by atoms with van der Waals surface area (Å²) in [7, 11) is 0. The van der Waals surface area contributed by atoms with Crippen molar-refractivity contribution in [2.75, 3.05) is 25.0 Å². The first kappa shape index (κ1) is 21.0. The van der Waals surface area contributed by atoms with E-state index in [1.807, 2.05) is 20.8 Å². The lowest BCUT2D eigenvalue weighted by Crippen LogP contribution is -2.51. The zero-order valence-electron chi connectivity index (χ0n) is 16.0. The predicted molar refractivity (Wildman–Crippen MR) is 106 cm³/mol. The molecule has 0 bridgehead atoms. The Kier molecular flexibility index (Phi) is 7.07. The van der Waals surface area contributed by atoms with E-state index in [4.69, 9.17) is 11.6 Å². The highest BCUT2D eigenvalue weighted by Gasteiger charge is 2.26. The van der Waals surface area contributed by atoms with E-state index < -0.39 is 11.8 Å². The van der Waals surface area contributed by atoms with E-state index in [0.29, 0.717) is 30.3 Å². The number of likely N-dealkylation sites (tertiary alicyclic amines) is 1. The summed E-state index contributed by atoms with van der Waals surface area (Å²) in [5, 5.41) is 8.71. The van der Waals surface area contributed by atoms with Gasteiger partial charge in [-0.2, -0.15) is 0 Å². The number of anilines is 1. The van der Waals surface area contributed by atoms with Crippen LogP contribution in [0.2, 0.25) is 5.02 Å². The SMILES string of the molecule is CC(C)(C)NC(=O)N1CCC(CNC(=O)C(=O)Nc2ccc(Cl)cc2)CC1. The minimum atomic E-state index is -0.709. The van der Waals surface area contributed by atoms with E-state index in [-0.39, 0.29) is 17.5 Å². The number of halogens is 1. The molecule has 0 atom stereocenters. The topological polar surface area (TPSA) is 90.5 Å². The number of nitrogens with zero attached hydrogens (tertiary/aromatic N) is 1. The Morgan fingerprint density at radius 2 is 1.67 bits per heavy atom. The normalized spacial score (nSPS) is 15.2. The van der Waals surface area contributed by atoms with Crippen LogP contribution < -0.4 is 16.0 Å². The van der Waals surface area contributed by atoms with E-state index in [0.717, 1.165) is 12.8 Å². The van der Waals surface area contributed by atoms with Crippen molar-refractivity contribution in [1.82, 2.24) is 15.5 Å². The van der Waals surface area contributed by atoms with Crippen LogP contribution in [-0.4, -0.2) is 47.9 Å². The summed E-state index contributed by atoms with van der Waals surface area (Å²) in [5.74, 6) is -1.13. The average molecular weight is 395 g/mol. The number of piperidine rings is 1. The standard InChI is InChI=1S/C19H27ClN4O3/c1-19(2,3)23-18(27)24-10-8-13(9-11-24)12-21-16(25)17(26)22-15-6-4-14(20)5-7-15/h4-7,13H,8-12H2,1-3H3,(H,21,25)(H,22,26)(H,23,27). The third-order valence-corrected chi connectivity index (χ3v) is 4.50. The number of urea groups is 1. The summed E-state index contributed by atoms with van der Waals surface area (Å²) in [5.41, 5.74) is 0.247. The van der Waals surface area contributed by atoms with Gasteiger partial charge in [0.1, 0.15) is 0 Å². The van der Waals surface area contributed by atoms with Gasteiger partial charge in [0.2, 0.25) is 0 Å². The molecule has 4 amide bonds. The molecule has 7 nitrogen and oxygen atoms in total. The Balaban J connectivity index is 1.71. The molecular weight excluding hydrogens is 368 g/mol. The molecule has 0 spiro atoms. The van der Waals surface area contributed by atoms with Crippen LogP contribution >= 0.6 is 11.6 Å². The summed E-state index contributed by atoms with van der Waals surface area (Å²) >= 11 is 5.79. The van der Waals surface area contributed by atoms with Crippen molar-refractivity contribution >= 4 is 35.1 Å². The van der Waals surface area contributed by atoms with Gasteiger partial charge >= 0.3 is 17.8 Å². The van der Waals surface area contributed by atoms with Gasteiger partial charge in [-0.3, -0.25) is 9.59 Å². The van der Waals surface area contributed by atoms with Crippen molar-refractivity contribution in [1.29, 1.82) is 0 Å². The van der Waals surface area contributed by atoms with Crippen LogP contribution in [0.5, 0.6) is 0 Å². The van der Waals surface area contributed by atoms with Gasteiger partial charge in [-0.25, -0.2) is 4.79 Å². The molecule has 1 heterocycles. The maximum absolute atomic E-state index is 12.2. The van der Waals surface area contributed by atoms with Crippen LogP contribution in [0.25, 0.3) is 0 Å². The highest BCUT2D eigenvalue weighted by molar-refractivity contribution is 6.39. The number of carbonyl (C=O) groups excluding carboxylic acids is 3. The van der Waals surface area contributed by atoms with Crippen molar-refractivity contribution in [3.8, 4) is 0 Å². The Morgan fingerprint density at radius 3 is 2.22 bits per heavy atom. The van der Waals surface area contributed by atoms with Gasteiger partial charge in [0.15, 0.2) is 0 Å². The molecule has 1 aliphatic rings. The highest BCUT2D eigenvalue weighted by Crippen LogP contribution is 2.17. The van der Waals surface area contributed by atoms with E-state index in [1.165, 1.54) is 0 Å². The van der Waals surface area contributed by atoms with Crippen LogP contribution in [0, 0.1) is 5.92 Å². The van der Waals surface area contributed by atoms with Gasteiger partial charge < -0.3 is 20.9 Å². The van der Waals surface area contributed by atoms with Gasteiger partial charge in [0.25, 0.3) is 0 Å². The fraction of sp³-hybridized carbons (Fsp3) is 0.526. The first-order chi connectivity index (χ1) is 12.6. The van der Waals surface area contributed by atoms with Gasteiger partial charge in [0.05, 0.1) is 0 Å². The monoisotopic (exact) mass is 394 g/mol. The third-order valence-electron chi connectivity index (χ3n) is 4.24. The van der Waals surface area contributed by atoms with Crippen molar-refractivity contribution in [2.24, 2.45) is 5.92 Å². The molecule has 27 heavy (non-hydrogen) atoms. The minimum absolute atomic E-state index is 0.0627. The zero-order valence-corrected chi connectivity index (χ0v) is 16.7. The predicted octanol–water partition coefficient (Wildman–Crippen LogP) is 2.61. The van der Waals surface area contributed by atoms with Gasteiger partial charge in [0, 0.05) is 35.9 Å². The van der Waals surface area contributed by atoms with Crippen molar-refractivity contribution in [3.05, 3.63) is 29.3 Å². The molecule has 0 aliphatic carbocycles. The lowest BCUT2D eigenvalue weighted by atomic mass is 9.97. The molecule has 3 N–H and O–H groups in total. The molecule has 0 radical (unpaired) electrons. The number of hydrogen-bond acceptors (Lipinski definition) is 3. The fourth-order valence-corrected chi connectivity index (χ4v) is 2.90. The lowest BCUT2D eigenvalue weighted by molar-refractivity contribution is -0.136. The Labute approximate surface area is 164 Å². The zero-order chi connectivity index (χ0) is 20.0. The first-order valence-corrected chi connectivity index (χ1v) is 9.44. The van der Waals surface area contributed by atoms with Crippen molar-refractivity contribution < 1.29 is 14.4 Å². The second kappa shape index (κ2) is 9.08. The molecule has 1 aliphatic heterocycles. The second-order valence-corrected chi connectivity index (χ2v) is 8.22. The quantitative estimate of drug-likeness (QED) is 0.688. The molecule has 1 fully saturated rings. The molecule has 1 saturated heterocycles. The van der Waals surface area contributed by atoms with Crippen LogP contribution in [-0.2, 0) is 9.59 Å². The number of carbonyl (C=O) groups is 3. The molecule has 1 aromatic carbocycles. The lowest BCUT2D eigenvalue weighted by Gasteiger charge is -2.34. The molecular formula is C19H27ClN4O3. The Hall–Kier alpha value is -2.28. The van der Waals surface area contributed by atoms with E-state index in [1.54, 1.807) is 29.2 Å². The minimum Gasteiger partial charge on any atom is -0.348 e. The average Bonchev–Trinajstić information content (AvgIpc) is 2.60. The summed E-state index contributed by atoms with van der Waals surface area (Å²) in [6.45, 7) is 7.53. The van der Waals surface area contributed by atoms with Crippen LogP contribution in [0.4, 0.5) is 10.5 Å². The summed E-state index contributed by atoms with van der Waals surface area (Å²) in [6.07, 6.45) is 1.58. The van der Waals surface area contributed by atoms with E-state index in [2.05, 4.69) is 16.0 Å². The number of nitrogens with one attached hydrogen (secondary N) is 3. The number of benzene rings is 1. The summed E-state index contributed by atoms with van der Waals surface area (Å²) in [4.78, 5) is 37.8. The Morgan fingerprint density at radius 1 is 1.07 bits per heavy atom.